The first kappa shape index (κ1) is 20.7. The van der Waals surface area contributed by atoms with Crippen LogP contribution in [-0.4, -0.2) is 12.5 Å². The number of amides is 1. The van der Waals surface area contributed by atoms with Gasteiger partial charge in [-0.25, -0.2) is 0 Å². The van der Waals surface area contributed by atoms with E-state index in [1.54, 1.807) is 5.56 Å². The maximum Gasteiger partial charge on any atom is 0.243 e. The standard InChI is InChI=1S/C24H37NO/c1-4-6-7-9-20-11-13-22(14-12-20)23-16-15-21(19(3)18-23)10-8-17-25-24(26)5-2/h5,15-16,18,20,22H,2,4,6-14,17H2,1,3H3,(H,25,26). The van der Waals surface area contributed by atoms with E-state index < -0.39 is 0 Å². The van der Waals surface area contributed by atoms with E-state index in [-0.39, 0.29) is 5.91 Å². The number of hydrogen-bond acceptors (Lipinski definition) is 1. The van der Waals surface area contributed by atoms with E-state index >= 15 is 0 Å². The second kappa shape index (κ2) is 11.2. The van der Waals surface area contributed by atoms with E-state index in [0.29, 0.717) is 6.54 Å². The van der Waals surface area contributed by atoms with Crippen LogP contribution in [-0.2, 0) is 11.2 Å². The number of aryl methyl sites for hydroxylation is 2. The van der Waals surface area contributed by atoms with Crippen molar-refractivity contribution in [3.8, 4) is 0 Å². The number of rotatable bonds is 10. The first-order valence-corrected chi connectivity index (χ1v) is 10.6. The molecule has 0 spiro atoms. The maximum atomic E-state index is 11.2. The summed E-state index contributed by atoms with van der Waals surface area (Å²) in [5.74, 6) is 1.66. The molecule has 0 aromatic heterocycles. The second-order valence-electron chi connectivity index (χ2n) is 8.00. The predicted molar refractivity (Wildman–Crippen MR) is 112 cm³/mol. The Bertz CT molecular complexity index is 570. The molecule has 1 N–H and O–H groups in total. The van der Waals surface area contributed by atoms with Crippen molar-refractivity contribution in [2.24, 2.45) is 5.92 Å². The zero-order valence-corrected chi connectivity index (χ0v) is 16.9. The van der Waals surface area contributed by atoms with E-state index in [4.69, 9.17) is 0 Å². The van der Waals surface area contributed by atoms with Crippen LogP contribution in [0, 0.1) is 12.8 Å². The number of hydrogen-bond donors (Lipinski definition) is 1. The summed E-state index contributed by atoms with van der Waals surface area (Å²) in [7, 11) is 0. The molecule has 1 aromatic rings. The summed E-state index contributed by atoms with van der Waals surface area (Å²) < 4.78 is 0. The van der Waals surface area contributed by atoms with Crippen LogP contribution in [0.1, 0.15) is 87.3 Å². The number of unbranched alkanes of at least 4 members (excludes halogenated alkanes) is 2. The fourth-order valence-electron chi connectivity index (χ4n) is 4.28. The molecule has 1 saturated carbocycles. The van der Waals surface area contributed by atoms with E-state index in [1.165, 1.54) is 68.6 Å². The first-order valence-electron chi connectivity index (χ1n) is 10.6. The Labute approximate surface area is 160 Å². The van der Waals surface area contributed by atoms with Gasteiger partial charge >= 0.3 is 0 Å². The van der Waals surface area contributed by atoms with Gasteiger partial charge in [0.05, 0.1) is 0 Å². The molecule has 2 nitrogen and oxygen atoms in total. The molecule has 0 unspecified atom stereocenters. The molecule has 1 fully saturated rings. The van der Waals surface area contributed by atoms with Crippen molar-refractivity contribution in [2.45, 2.75) is 84.0 Å². The highest BCUT2D eigenvalue weighted by Crippen LogP contribution is 2.38. The lowest BCUT2D eigenvalue weighted by molar-refractivity contribution is -0.116. The minimum Gasteiger partial charge on any atom is -0.353 e. The van der Waals surface area contributed by atoms with Crippen molar-refractivity contribution >= 4 is 5.91 Å². The van der Waals surface area contributed by atoms with E-state index in [0.717, 1.165) is 24.7 Å². The van der Waals surface area contributed by atoms with Gasteiger partial charge in [-0.05, 0) is 80.1 Å². The number of carbonyl (C=O) groups is 1. The van der Waals surface area contributed by atoms with Gasteiger partial charge in [0.1, 0.15) is 0 Å². The normalized spacial score (nSPS) is 19.9. The maximum absolute atomic E-state index is 11.2. The Morgan fingerprint density at radius 1 is 1.19 bits per heavy atom. The molecule has 0 saturated heterocycles. The predicted octanol–water partition coefficient (Wildman–Crippen LogP) is 6.08. The summed E-state index contributed by atoms with van der Waals surface area (Å²) >= 11 is 0. The van der Waals surface area contributed by atoms with Crippen LogP contribution in [0.4, 0.5) is 0 Å². The molecule has 1 aromatic carbocycles. The SMILES string of the molecule is C=CC(=O)NCCCc1ccc(C2CCC(CCCCC)CC2)cc1C. The fourth-order valence-corrected chi connectivity index (χ4v) is 4.28. The van der Waals surface area contributed by atoms with Gasteiger partial charge in [-0.2, -0.15) is 0 Å². The molecule has 0 atom stereocenters. The van der Waals surface area contributed by atoms with Gasteiger partial charge in [-0.1, -0.05) is 57.4 Å². The summed E-state index contributed by atoms with van der Waals surface area (Å²) in [6.45, 7) is 8.72. The Hall–Kier alpha value is -1.57. The molecule has 1 aliphatic carbocycles. The molecule has 0 heterocycles. The molecular formula is C24H37NO. The second-order valence-corrected chi connectivity index (χ2v) is 8.00. The van der Waals surface area contributed by atoms with Gasteiger partial charge < -0.3 is 5.32 Å². The lowest BCUT2D eigenvalue weighted by Crippen LogP contribution is -2.22. The van der Waals surface area contributed by atoms with Crippen molar-refractivity contribution < 1.29 is 4.79 Å². The lowest BCUT2D eigenvalue weighted by Gasteiger charge is -2.29. The highest BCUT2D eigenvalue weighted by atomic mass is 16.1. The van der Waals surface area contributed by atoms with Crippen molar-refractivity contribution in [3.63, 3.8) is 0 Å². The highest BCUT2D eigenvalue weighted by molar-refractivity contribution is 5.86. The van der Waals surface area contributed by atoms with Crippen LogP contribution in [0.25, 0.3) is 0 Å². The van der Waals surface area contributed by atoms with E-state index in [1.807, 2.05) is 0 Å². The van der Waals surface area contributed by atoms with Gasteiger partial charge in [0.15, 0.2) is 0 Å². The van der Waals surface area contributed by atoms with Gasteiger partial charge in [0, 0.05) is 6.54 Å². The largest absolute Gasteiger partial charge is 0.353 e. The van der Waals surface area contributed by atoms with Crippen molar-refractivity contribution in [1.82, 2.24) is 5.32 Å². The lowest BCUT2D eigenvalue weighted by atomic mass is 9.76. The summed E-state index contributed by atoms with van der Waals surface area (Å²) in [6.07, 6.45) is 14.5. The number of benzene rings is 1. The van der Waals surface area contributed by atoms with Crippen LogP contribution in [0.3, 0.4) is 0 Å². The molecule has 26 heavy (non-hydrogen) atoms. The van der Waals surface area contributed by atoms with E-state index in [2.05, 4.69) is 43.9 Å². The molecule has 0 radical (unpaired) electrons. The number of carbonyl (C=O) groups excluding carboxylic acids is 1. The molecule has 1 aliphatic rings. The van der Waals surface area contributed by atoms with Crippen molar-refractivity contribution in [1.29, 1.82) is 0 Å². The Morgan fingerprint density at radius 2 is 1.96 bits per heavy atom. The molecular weight excluding hydrogens is 318 g/mol. The average Bonchev–Trinajstić information content (AvgIpc) is 2.66. The summed E-state index contributed by atoms with van der Waals surface area (Å²) in [6, 6.07) is 7.08. The zero-order valence-electron chi connectivity index (χ0n) is 16.9. The van der Waals surface area contributed by atoms with Crippen molar-refractivity contribution in [2.75, 3.05) is 6.54 Å². The highest BCUT2D eigenvalue weighted by Gasteiger charge is 2.22. The van der Waals surface area contributed by atoms with E-state index in [9.17, 15) is 4.79 Å². The van der Waals surface area contributed by atoms with Crippen LogP contribution in [0.5, 0.6) is 0 Å². The summed E-state index contributed by atoms with van der Waals surface area (Å²) in [5, 5.41) is 2.85. The minimum atomic E-state index is -0.0811. The summed E-state index contributed by atoms with van der Waals surface area (Å²) in [4.78, 5) is 11.2. The van der Waals surface area contributed by atoms with Crippen LogP contribution < -0.4 is 5.32 Å². The molecule has 2 rings (SSSR count). The minimum absolute atomic E-state index is 0.0811. The molecule has 1 amide bonds. The molecule has 0 aliphatic heterocycles. The van der Waals surface area contributed by atoms with Crippen molar-refractivity contribution in [3.05, 3.63) is 47.5 Å². The Morgan fingerprint density at radius 3 is 2.62 bits per heavy atom. The quantitative estimate of drug-likeness (QED) is 0.400. The smallest absolute Gasteiger partial charge is 0.243 e. The average molecular weight is 356 g/mol. The first-order chi connectivity index (χ1) is 12.6. The van der Waals surface area contributed by atoms with Crippen LogP contribution in [0.2, 0.25) is 0 Å². The third-order valence-electron chi connectivity index (χ3n) is 6.01. The van der Waals surface area contributed by atoms with Crippen LogP contribution in [0.15, 0.2) is 30.9 Å². The molecule has 144 valence electrons. The Balaban J connectivity index is 1.78. The van der Waals surface area contributed by atoms with Gasteiger partial charge in [-0.15, -0.1) is 0 Å². The Kier molecular flexibility index (Phi) is 8.94. The summed E-state index contributed by atoms with van der Waals surface area (Å²) in [5.41, 5.74) is 4.36. The fraction of sp³-hybridized carbons (Fsp3) is 0.625. The number of nitrogens with one attached hydrogen (secondary N) is 1. The van der Waals surface area contributed by atoms with Gasteiger partial charge in [-0.3, -0.25) is 4.79 Å². The molecule has 0 bridgehead atoms. The molecule has 2 heteroatoms. The van der Waals surface area contributed by atoms with Gasteiger partial charge in [0.2, 0.25) is 5.91 Å². The van der Waals surface area contributed by atoms with Crippen LogP contribution >= 0.6 is 0 Å². The van der Waals surface area contributed by atoms with Gasteiger partial charge in [0.25, 0.3) is 0 Å². The third-order valence-corrected chi connectivity index (χ3v) is 6.01. The zero-order chi connectivity index (χ0) is 18.8. The monoisotopic (exact) mass is 355 g/mol. The topological polar surface area (TPSA) is 29.1 Å². The third kappa shape index (κ3) is 6.63.